The number of amides is 1. The van der Waals surface area contributed by atoms with Crippen LogP contribution in [0.4, 0.5) is 5.13 Å². The lowest BCUT2D eigenvalue weighted by Crippen LogP contribution is -2.29. The van der Waals surface area contributed by atoms with Gasteiger partial charge in [-0.25, -0.2) is 4.98 Å². The van der Waals surface area contributed by atoms with Crippen molar-refractivity contribution in [3.63, 3.8) is 0 Å². The Morgan fingerprint density at radius 2 is 1.76 bits per heavy atom. The molecule has 5 rings (SSSR count). The molecule has 6 nitrogen and oxygen atoms in total. The molecule has 34 heavy (non-hydrogen) atoms. The molecule has 1 fully saturated rings. The van der Waals surface area contributed by atoms with Crippen molar-refractivity contribution in [1.29, 1.82) is 0 Å². The standard InChI is InChI=1S/C26H19ClN2O4S/c1-2-33-18-13-9-15(10-14-18)22-21(23(30)16-7-11-17(27)12-8-16)24(31)25(32)29(22)26-28-19-5-3-4-6-20(19)34-26/h3-14,22,30H,2H2,1H3/t22-/m1/s1. The maximum Gasteiger partial charge on any atom is 0.301 e. The number of hydrogen-bond acceptors (Lipinski definition) is 6. The van der Waals surface area contributed by atoms with Crippen LogP contribution < -0.4 is 9.64 Å². The number of para-hydroxylation sites is 1. The van der Waals surface area contributed by atoms with E-state index in [-0.39, 0.29) is 11.3 Å². The smallest absolute Gasteiger partial charge is 0.301 e. The number of hydrogen-bond donors (Lipinski definition) is 1. The van der Waals surface area contributed by atoms with Crippen LogP contribution in [0.2, 0.25) is 5.02 Å². The number of halogens is 1. The summed E-state index contributed by atoms with van der Waals surface area (Å²) in [6.45, 7) is 2.40. The lowest BCUT2D eigenvalue weighted by molar-refractivity contribution is -0.132. The molecule has 0 aliphatic carbocycles. The summed E-state index contributed by atoms with van der Waals surface area (Å²) < 4.78 is 6.43. The minimum absolute atomic E-state index is 0.00395. The molecule has 2 heterocycles. The number of aliphatic hydroxyl groups excluding tert-OH is 1. The van der Waals surface area contributed by atoms with Gasteiger partial charge in [0.05, 0.1) is 28.4 Å². The molecule has 8 heteroatoms. The fourth-order valence-corrected chi connectivity index (χ4v) is 5.10. The summed E-state index contributed by atoms with van der Waals surface area (Å²) in [4.78, 5) is 32.5. The molecule has 0 bridgehead atoms. The second-order valence-electron chi connectivity index (χ2n) is 7.64. The van der Waals surface area contributed by atoms with Crippen molar-refractivity contribution in [1.82, 2.24) is 4.98 Å². The molecule has 1 saturated heterocycles. The van der Waals surface area contributed by atoms with Gasteiger partial charge in [-0.1, -0.05) is 47.2 Å². The van der Waals surface area contributed by atoms with Crippen LogP contribution in [0.1, 0.15) is 24.1 Å². The summed E-state index contributed by atoms with van der Waals surface area (Å²) in [7, 11) is 0. The number of thiazole rings is 1. The van der Waals surface area contributed by atoms with Crippen molar-refractivity contribution >= 4 is 55.7 Å². The Labute approximate surface area is 204 Å². The van der Waals surface area contributed by atoms with E-state index in [0.717, 1.165) is 10.2 Å². The van der Waals surface area contributed by atoms with E-state index in [4.69, 9.17) is 16.3 Å². The Kier molecular flexibility index (Phi) is 5.81. The Morgan fingerprint density at radius 3 is 2.44 bits per heavy atom. The number of carbonyl (C=O) groups excluding carboxylic acids is 2. The summed E-state index contributed by atoms with van der Waals surface area (Å²) >= 11 is 7.31. The third kappa shape index (κ3) is 3.83. The number of Topliss-reactive ketones (excluding diaryl/α,β-unsaturated/α-hetero) is 1. The first-order valence-corrected chi connectivity index (χ1v) is 11.8. The third-order valence-corrected chi connectivity index (χ3v) is 6.85. The van der Waals surface area contributed by atoms with Crippen LogP contribution in [0, 0.1) is 0 Å². The first-order valence-electron chi connectivity index (χ1n) is 10.6. The predicted octanol–water partition coefficient (Wildman–Crippen LogP) is 5.97. The molecule has 1 amide bonds. The van der Waals surface area contributed by atoms with E-state index < -0.39 is 17.7 Å². The SMILES string of the molecule is CCOc1ccc([C@@H]2C(=C(O)c3ccc(Cl)cc3)C(=O)C(=O)N2c2nc3ccccc3s2)cc1. The highest BCUT2D eigenvalue weighted by molar-refractivity contribution is 7.22. The third-order valence-electron chi connectivity index (χ3n) is 5.56. The predicted molar refractivity (Wildman–Crippen MR) is 133 cm³/mol. The number of aromatic nitrogens is 1. The van der Waals surface area contributed by atoms with Crippen molar-refractivity contribution in [3.8, 4) is 5.75 Å². The van der Waals surface area contributed by atoms with E-state index >= 15 is 0 Å². The van der Waals surface area contributed by atoms with Crippen LogP contribution in [0.25, 0.3) is 16.0 Å². The van der Waals surface area contributed by atoms with E-state index in [0.29, 0.717) is 33.6 Å². The van der Waals surface area contributed by atoms with Gasteiger partial charge in [0.1, 0.15) is 11.5 Å². The summed E-state index contributed by atoms with van der Waals surface area (Å²) in [5.74, 6) is -1.11. The molecular formula is C26H19ClN2O4S. The van der Waals surface area contributed by atoms with Gasteiger partial charge in [0, 0.05) is 10.6 Å². The van der Waals surface area contributed by atoms with Crippen molar-refractivity contribution in [2.75, 3.05) is 11.5 Å². The zero-order valence-corrected chi connectivity index (χ0v) is 19.6. The monoisotopic (exact) mass is 490 g/mol. The van der Waals surface area contributed by atoms with Gasteiger partial charge in [0.25, 0.3) is 5.78 Å². The zero-order valence-electron chi connectivity index (χ0n) is 18.1. The van der Waals surface area contributed by atoms with Gasteiger partial charge in [0.15, 0.2) is 5.13 Å². The van der Waals surface area contributed by atoms with Crippen LogP contribution in [-0.4, -0.2) is 28.4 Å². The molecule has 0 unspecified atom stereocenters. The summed E-state index contributed by atoms with van der Waals surface area (Å²) in [5.41, 5.74) is 1.77. The van der Waals surface area contributed by atoms with Gasteiger partial charge in [-0.05, 0) is 61.0 Å². The maximum atomic E-state index is 13.3. The number of ether oxygens (including phenoxy) is 1. The van der Waals surface area contributed by atoms with E-state index in [2.05, 4.69) is 4.98 Å². The topological polar surface area (TPSA) is 79.7 Å². The second kappa shape index (κ2) is 8.93. The van der Waals surface area contributed by atoms with Crippen molar-refractivity contribution in [2.45, 2.75) is 13.0 Å². The average molecular weight is 491 g/mol. The number of benzene rings is 3. The van der Waals surface area contributed by atoms with Crippen molar-refractivity contribution < 1.29 is 19.4 Å². The number of anilines is 1. The normalized spacial score (nSPS) is 17.5. The molecule has 1 atom stereocenters. The average Bonchev–Trinajstić information content (AvgIpc) is 3.38. The van der Waals surface area contributed by atoms with Crippen LogP contribution in [-0.2, 0) is 9.59 Å². The zero-order chi connectivity index (χ0) is 23.8. The highest BCUT2D eigenvalue weighted by atomic mass is 35.5. The van der Waals surface area contributed by atoms with E-state index in [9.17, 15) is 14.7 Å². The highest BCUT2D eigenvalue weighted by Crippen LogP contribution is 2.44. The lowest BCUT2D eigenvalue weighted by atomic mass is 9.95. The Bertz CT molecular complexity index is 1390. The molecule has 0 spiro atoms. The molecule has 1 aliphatic rings. The van der Waals surface area contributed by atoms with Gasteiger partial charge >= 0.3 is 5.91 Å². The molecule has 1 aliphatic heterocycles. The summed E-state index contributed by atoms with van der Waals surface area (Å²) in [6.07, 6.45) is 0. The lowest BCUT2D eigenvalue weighted by Gasteiger charge is -2.23. The minimum Gasteiger partial charge on any atom is -0.507 e. The Hall–Kier alpha value is -3.68. The van der Waals surface area contributed by atoms with Crippen LogP contribution in [0.3, 0.4) is 0 Å². The number of aliphatic hydroxyl groups is 1. The fraction of sp³-hybridized carbons (Fsp3) is 0.115. The molecule has 170 valence electrons. The van der Waals surface area contributed by atoms with E-state index in [1.54, 1.807) is 48.5 Å². The summed E-state index contributed by atoms with van der Waals surface area (Å²) in [6, 6.07) is 20.2. The van der Waals surface area contributed by atoms with Gasteiger partial charge in [0.2, 0.25) is 0 Å². The van der Waals surface area contributed by atoms with Crippen LogP contribution in [0.5, 0.6) is 5.75 Å². The molecular weight excluding hydrogens is 472 g/mol. The number of ketones is 1. The van der Waals surface area contributed by atoms with Gasteiger partial charge in [-0.2, -0.15) is 0 Å². The Balaban J connectivity index is 1.70. The first kappa shape index (κ1) is 22.1. The minimum atomic E-state index is -0.855. The molecule has 1 N–H and O–H groups in total. The molecule has 0 saturated carbocycles. The highest BCUT2D eigenvalue weighted by Gasteiger charge is 2.48. The molecule has 1 aromatic heterocycles. The Morgan fingerprint density at radius 1 is 1.06 bits per heavy atom. The fourth-order valence-electron chi connectivity index (χ4n) is 3.98. The number of carbonyl (C=O) groups is 2. The second-order valence-corrected chi connectivity index (χ2v) is 9.09. The summed E-state index contributed by atoms with van der Waals surface area (Å²) in [5, 5.41) is 12.1. The number of fused-ring (bicyclic) bond motifs is 1. The molecule has 4 aromatic rings. The van der Waals surface area contributed by atoms with E-state index in [1.165, 1.54) is 16.2 Å². The first-order chi connectivity index (χ1) is 16.5. The van der Waals surface area contributed by atoms with Crippen LogP contribution in [0.15, 0.2) is 78.4 Å². The molecule has 3 aromatic carbocycles. The van der Waals surface area contributed by atoms with Gasteiger partial charge < -0.3 is 9.84 Å². The van der Waals surface area contributed by atoms with Crippen LogP contribution >= 0.6 is 22.9 Å². The van der Waals surface area contributed by atoms with Gasteiger partial charge in [-0.3, -0.25) is 14.5 Å². The van der Waals surface area contributed by atoms with Gasteiger partial charge in [-0.15, -0.1) is 0 Å². The van der Waals surface area contributed by atoms with E-state index in [1.807, 2.05) is 31.2 Å². The molecule has 0 radical (unpaired) electrons. The number of rotatable bonds is 5. The van der Waals surface area contributed by atoms with Crippen molar-refractivity contribution in [3.05, 3.63) is 94.5 Å². The largest absolute Gasteiger partial charge is 0.507 e. The maximum absolute atomic E-state index is 13.3. The number of nitrogens with zero attached hydrogens (tertiary/aromatic N) is 2. The van der Waals surface area contributed by atoms with Crippen molar-refractivity contribution in [2.24, 2.45) is 0 Å². The quantitative estimate of drug-likeness (QED) is 0.211.